The maximum absolute atomic E-state index is 13.5. The van der Waals surface area contributed by atoms with Crippen molar-refractivity contribution in [2.75, 3.05) is 10.8 Å². The molecule has 4 rings (SSSR count). The Morgan fingerprint density at radius 1 is 1.00 bits per heavy atom. The first-order valence-corrected chi connectivity index (χ1v) is 14.4. The van der Waals surface area contributed by atoms with E-state index in [0.717, 1.165) is 17.7 Å². The van der Waals surface area contributed by atoms with Crippen LogP contribution in [0.25, 0.3) is 0 Å². The largest absolute Gasteiger partial charge is 0.489 e. The van der Waals surface area contributed by atoms with Crippen molar-refractivity contribution in [2.24, 2.45) is 5.10 Å². The van der Waals surface area contributed by atoms with Crippen molar-refractivity contribution in [3.05, 3.63) is 129 Å². The predicted molar refractivity (Wildman–Crippen MR) is 157 cm³/mol. The molecule has 1 N–H and O–H groups in total. The Morgan fingerprint density at radius 3 is 2.27 bits per heavy atom. The number of non-ortho nitro benzene ring substituents is 1. The van der Waals surface area contributed by atoms with E-state index in [2.05, 4.69) is 10.5 Å². The van der Waals surface area contributed by atoms with E-state index in [-0.39, 0.29) is 17.2 Å². The molecule has 0 atom stereocenters. The van der Waals surface area contributed by atoms with Crippen LogP contribution in [0, 0.1) is 10.1 Å². The highest BCUT2D eigenvalue weighted by molar-refractivity contribution is 7.92. The number of anilines is 1. The lowest BCUT2D eigenvalue weighted by atomic mass is 10.2. The smallest absolute Gasteiger partial charge is 0.417 e. The molecule has 0 bridgehead atoms. The van der Waals surface area contributed by atoms with E-state index >= 15 is 0 Å². The van der Waals surface area contributed by atoms with E-state index in [9.17, 15) is 36.5 Å². The van der Waals surface area contributed by atoms with Crippen molar-refractivity contribution in [1.82, 2.24) is 5.43 Å². The van der Waals surface area contributed by atoms with Gasteiger partial charge in [0.1, 0.15) is 18.9 Å². The Kier molecular flexibility index (Phi) is 9.86. The second kappa shape index (κ2) is 13.6. The van der Waals surface area contributed by atoms with Gasteiger partial charge in [-0.25, -0.2) is 13.8 Å². The highest BCUT2D eigenvalue weighted by Crippen LogP contribution is 2.38. The summed E-state index contributed by atoms with van der Waals surface area (Å²) in [6.07, 6.45) is -3.59. The lowest BCUT2D eigenvalue weighted by Crippen LogP contribution is -2.39. The molecular formula is C29H22ClF3N4O6S. The lowest BCUT2D eigenvalue weighted by Gasteiger charge is -2.24. The van der Waals surface area contributed by atoms with Gasteiger partial charge in [-0.05, 0) is 77.9 Å². The summed E-state index contributed by atoms with van der Waals surface area (Å²) in [6.45, 7) is -0.717. The van der Waals surface area contributed by atoms with Gasteiger partial charge in [0.05, 0.1) is 32.3 Å². The number of nitro benzene ring substituents is 1. The van der Waals surface area contributed by atoms with Crippen LogP contribution in [-0.4, -0.2) is 32.0 Å². The van der Waals surface area contributed by atoms with Gasteiger partial charge >= 0.3 is 6.18 Å². The molecule has 44 heavy (non-hydrogen) atoms. The van der Waals surface area contributed by atoms with Crippen molar-refractivity contribution in [1.29, 1.82) is 0 Å². The number of nitrogens with zero attached hydrogens (tertiary/aromatic N) is 3. The Morgan fingerprint density at radius 2 is 1.66 bits per heavy atom. The molecule has 0 heterocycles. The summed E-state index contributed by atoms with van der Waals surface area (Å²) in [5.41, 5.74) is 1.73. The van der Waals surface area contributed by atoms with Crippen LogP contribution in [0.1, 0.15) is 16.7 Å². The quantitative estimate of drug-likeness (QED) is 0.117. The molecule has 0 radical (unpaired) electrons. The summed E-state index contributed by atoms with van der Waals surface area (Å²) in [7, 11) is -4.47. The predicted octanol–water partition coefficient (Wildman–Crippen LogP) is 6.19. The maximum atomic E-state index is 13.5. The number of sulfonamides is 1. The van der Waals surface area contributed by atoms with E-state index in [4.69, 9.17) is 16.3 Å². The Labute approximate surface area is 254 Å². The minimum Gasteiger partial charge on any atom is -0.489 e. The summed E-state index contributed by atoms with van der Waals surface area (Å²) in [5, 5.41) is 13.9. The number of nitro groups is 1. The molecule has 0 aromatic heterocycles. The number of carbonyl (C=O) groups is 1. The molecule has 228 valence electrons. The number of hydrogen-bond acceptors (Lipinski definition) is 7. The first-order chi connectivity index (χ1) is 20.8. The van der Waals surface area contributed by atoms with Crippen LogP contribution < -0.4 is 14.5 Å². The molecule has 0 saturated carbocycles. The van der Waals surface area contributed by atoms with Crippen LogP contribution in [-0.2, 0) is 27.6 Å². The SMILES string of the molecule is O=C(CN(c1ccc(Cl)c(C(F)(F)F)c1)S(=O)(=O)c1ccccc1)N/N=C\c1ccc(OCc2ccc([N+](=O)[O-])cc2)cc1. The molecule has 15 heteroatoms. The Hall–Kier alpha value is -4.95. The third-order valence-electron chi connectivity index (χ3n) is 6.00. The number of amides is 1. The van der Waals surface area contributed by atoms with Crippen molar-refractivity contribution < 1.29 is 36.0 Å². The van der Waals surface area contributed by atoms with Gasteiger partial charge in [-0.15, -0.1) is 0 Å². The molecule has 1 amide bonds. The van der Waals surface area contributed by atoms with Gasteiger partial charge in [0, 0.05) is 12.1 Å². The number of benzene rings is 4. The maximum Gasteiger partial charge on any atom is 0.417 e. The normalized spacial score (nSPS) is 11.7. The van der Waals surface area contributed by atoms with Gasteiger partial charge in [0.25, 0.3) is 21.6 Å². The van der Waals surface area contributed by atoms with Crippen molar-refractivity contribution in [2.45, 2.75) is 17.7 Å². The third-order valence-corrected chi connectivity index (χ3v) is 8.12. The molecule has 4 aromatic carbocycles. The second-order valence-electron chi connectivity index (χ2n) is 9.06. The summed E-state index contributed by atoms with van der Waals surface area (Å²) in [6, 6.07) is 21.9. The van der Waals surface area contributed by atoms with Gasteiger partial charge in [0.2, 0.25) is 0 Å². The average molecular weight is 647 g/mol. The molecule has 10 nitrogen and oxygen atoms in total. The fraction of sp³-hybridized carbons (Fsp3) is 0.103. The molecular weight excluding hydrogens is 625 g/mol. The summed E-state index contributed by atoms with van der Waals surface area (Å²) in [4.78, 5) is 22.8. The lowest BCUT2D eigenvalue weighted by molar-refractivity contribution is -0.384. The van der Waals surface area contributed by atoms with Gasteiger partial charge < -0.3 is 4.74 Å². The number of ether oxygens (including phenoxy) is 1. The highest BCUT2D eigenvalue weighted by atomic mass is 35.5. The van der Waals surface area contributed by atoms with Gasteiger partial charge in [-0.3, -0.25) is 19.2 Å². The average Bonchev–Trinajstić information content (AvgIpc) is 3.00. The van der Waals surface area contributed by atoms with Crippen LogP contribution in [0.3, 0.4) is 0 Å². The van der Waals surface area contributed by atoms with Gasteiger partial charge in [-0.2, -0.15) is 18.3 Å². The van der Waals surface area contributed by atoms with Crippen LogP contribution in [0.2, 0.25) is 5.02 Å². The second-order valence-corrected chi connectivity index (χ2v) is 11.3. The fourth-order valence-corrected chi connectivity index (χ4v) is 5.45. The standard InChI is InChI=1S/C29H22ClF3N4O6S/c30-27-15-12-23(16-26(27)29(31,32)33)36(44(41,42)25-4-2-1-3-5-25)18-28(38)35-34-17-20-8-13-24(14-9-20)43-19-21-6-10-22(11-7-21)37(39)40/h1-17H,18-19H2,(H,35,38)/b34-17-. The molecule has 0 spiro atoms. The summed E-state index contributed by atoms with van der Waals surface area (Å²) < 4.78 is 73.5. The van der Waals surface area contributed by atoms with Crippen molar-refractivity contribution in [3.8, 4) is 5.75 Å². The van der Waals surface area contributed by atoms with Gasteiger partial charge in [0.15, 0.2) is 0 Å². The highest BCUT2D eigenvalue weighted by Gasteiger charge is 2.35. The molecule has 0 aliphatic rings. The number of hydrazone groups is 1. The molecule has 0 saturated heterocycles. The number of carbonyl (C=O) groups excluding carboxylic acids is 1. The minimum absolute atomic E-state index is 0.0319. The van der Waals surface area contributed by atoms with E-state index in [1.165, 1.54) is 42.6 Å². The Bertz CT molecular complexity index is 1770. The van der Waals surface area contributed by atoms with Crippen LogP contribution in [0.4, 0.5) is 24.5 Å². The number of hydrogen-bond donors (Lipinski definition) is 1. The number of alkyl halides is 3. The zero-order chi connectivity index (χ0) is 31.9. The molecule has 0 aliphatic carbocycles. The first kappa shape index (κ1) is 32.0. The van der Waals surface area contributed by atoms with E-state index in [0.29, 0.717) is 21.7 Å². The molecule has 0 fully saturated rings. The Balaban J connectivity index is 1.44. The minimum atomic E-state index is -4.87. The topological polar surface area (TPSA) is 131 Å². The van der Waals surface area contributed by atoms with E-state index in [1.54, 1.807) is 42.5 Å². The van der Waals surface area contributed by atoms with Gasteiger partial charge in [-0.1, -0.05) is 29.8 Å². The van der Waals surface area contributed by atoms with E-state index < -0.39 is 49.8 Å². The van der Waals surface area contributed by atoms with Crippen molar-refractivity contribution >= 4 is 45.1 Å². The zero-order valence-corrected chi connectivity index (χ0v) is 24.0. The first-order valence-electron chi connectivity index (χ1n) is 12.6. The summed E-state index contributed by atoms with van der Waals surface area (Å²) in [5.74, 6) is -0.431. The van der Waals surface area contributed by atoms with Crippen LogP contribution in [0.5, 0.6) is 5.75 Å². The molecule has 0 aliphatic heterocycles. The van der Waals surface area contributed by atoms with Crippen LogP contribution in [0.15, 0.2) is 107 Å². The van der Waals surface area contributed by atoms with Crippen molar-refractivity contribution in [3.63, 3.8) is 0 Å². The number of rotatable bonds is 11. The number of nitrogens with one attached hydrogen (secondary N) is 1. The zero-order valence-electron chi connectivity index (χ0n) is 22.4. The van der Waals surface area contributed by atoms with E-state index in [1.807, 2.05) is 0 Å². The fourth-order valence-electron chi connectivity index (χ4n) is 3.80. The summed E-state index contributed by atoms with van der Waals surface area (Å²) >= 11 is 5.70. The molecule has 4 aromatic rings. The monoisotopic (exact) mass is 646 g/mol. The molecule has 0 unspecified atom stereocenters. The van der Waals surface area contributed by atoms with Crippen LogP contribution >= 0.6 is 11.6 Å². The number of halogens is 4. The third kappa shape index (κ3) is 8.11.